The zero-order valence-corrected chi connectivity index (χ0v) is 8.00. The average Bonchev–Trinajstić information content (AvgIpc) is 2.09. The number of likely N-dealkylation sites (N-methyl/N-ethyl adjacent to an activating group) is 1. The minimum absolute atomic E-state index is 0.167. The Morgan fingerprint density at radius 1 is 1.31 bits per heavy atom. The Kier molecular flexibility index (Phi) is 3.39. The van der Waals surface area contributed by atoms with Gasteiger partial charge in [0.1, 0.15) is 5.82 Å². The third-order valence-corrected chi connectivity index (χ3v) is 2.10. The lowest BCUT2D eigenvalue weighted by atomic mass is 10.1. The van der Waals surface area contributed by atoms with Crippen molar-refractivity contribution in [3.63, 3.8) is 0 Å². The number of benzene rings is 1. The molecule has 1 aromatic carbocycles. The number of nitrogens with zero attached hydrogens (tertiary/aromatic N) is 1. The highest BCUT2D eigenvalue weighted by Gasteiger charge is 2.10. The van der Waals surface area contributed by atoms with Gasteiger partial charge in [-0.3, -0.25) is 0 Å². The molecule has 0 aromatic heterocycles. The Bertz CT molecular complexity index is 256. The topological polar surface area (TPSA) is 29.3 Å². The molecule has 13 heavy (non-hydrogen) atoms. The normalized spacial score (nSPS) is 13.3. The summed E-state index contributed by atoms with van der Waals surface area (Å²) in [5.41, 5.74) is 6.66. The second-order valence-corrected chi connectivity index (χ2v) is 3.27. The Labute approximate surface area is 78.2 Å². The first-order valence-corrected chi connectivity index (χ1v) is 4.27. The highest BCUT2D eigenvalue weighted by molar-refractivity contribution is 5.20. The van der Waals surface area contributed by atoms with Gasteiger partial charge in [0.05, 0.1) is 0 Å². The van der Waals surface area contributed by atoms with Crippen molar-refractivity contribution in [3.8, 4) is 0 Å². The first-order chi connectivity index (χ1) is 6.15. The van der Waals surface area contributed by atoms with Crippen LogP contribution in [0.25, 0.3) is 0 Å². The van der Waals surface area contributed by atoms with Crippen molar-refractivity contribution in [2.75, 3.05) is 20.6 Å². The van der Waals surface area contributed by atoms with Crippen LogP contribution >= 0.6 is 0 Å². The molecule has 0 unspecified atom stereocenters. The summed E-state index contributed by atoms with van der Waals surface area (Å²) in [6.45, 7) is 0.540. The van der Waals surface area contributed by atoms with Crippen LogP contribution in [-0.4, -0.2) is 25.5 Å². The van der Waals surface area contributed by atoms with Crippen molar-refractivity contribution in [2.24, 2.45) is 5.73 Å². The van der Waals surface area contributed by atoms with E-state index in [1.54, 1.807) is 12.1 Å². The summed E-state index contributed by atoms with van der Waals surface area (Å²) >= 11 is 0. The Morgan fingerprint density at radius 2 is 1.85 bits per heavy atom. The number of nitrogens with two attached hydrogens (primary N) is 1. The van der Waals surface area contributed by atoms with E-state index in [0.29, 0.717) is 6.54 Å². The molecule has 1 aromatic rings. The molecule has 2 N–H and O–H groups in total. The monoisotopic (exact) mass is 182 g/mol. The molecule has 0 amide bonds. The smallest absolute Gasteiger partial charge is 0.123 e. The third-order valence-electron chi connectivity index (χ3n) is 2.10. The molecule has 0 aliphatic carbocycles. The molecule has 0 aliphatic rings. The first-order valence-electron chi connectivity index (χ1n) is 4.27. The van der Waals surface area contributed by atoms with Crippen LogP contribution in [0.1, 0.15) is 11.6 Å². The Hall–Kier alpha value is -0.930. The lowest BCUT2D eigenvalue weighted by Crippen LogP contribution is -2.27. The summed E-state index contributed by atoms with van der Waals surface area (Å²) in [7, 11) is 3.92. The van der Waals surface area contributed by atoms with Gasteiger partial charge in [-0.05, 0) is 31.8 Å². The molecule has 0 radical (unpaired) electrons. The minimum atomic E-state index is -0.210. The lowest BCUT2D eigenvalue weighted by molar-refractivity contribution is 0.306. The molecule has 0 saturated carbocycles. The van der Waals surface area contributed by atoms with Crippen molar-refractivity contribution in [1.29, 1.82) is 0 Å². The lowest BCUT2D eigenvalue weighted by Gasteiger charge is -2.22. The van der Waals surface area contributed by atoms with Crippen LogP contribution in [0.15, 0.2) is 24.3 Å². The highest BCUT2D eigenvalue weighted by atomic mass is 19.1. The fraction of sp³-hybridized carbons (Fsp3) is 0.400. The molecule has 1 atom stereocenters. The Morgan fingerprint density at radius 3 is 2.23 bits per heavy atom. The van der Waals surface area contributed by atoms with Crippen molar-refractivity contribution >= 4 is 0 Å². The van der Waals surface area contributed by atoms with Crippen LogP contribution in [0.4, 0.5) is 4.39 Å². The van der Waals surface area contributed by atoms with E-state index in [4.69, 9.17) is 5.73 Å². The van der Waals surface area contributed by atoms with Crippen LogP contribution < -0.4 is 5.73 Å². The predicted octanol–water partition coefficient (Wildman–Crippen LogP) is 1.39. The number of hydrogen-bond acceptors (Lipinski definition) is 2. The van der Waals surface area contributed by atoms with Crippen molar-refractivity contribution in [3.05, 3.63) is 35.6 Å². The summed E-state index contributed by atoms with van der Waals surface area (Å²) in [6, 6.07) is 6.63. The van der Waals surface area contributed by atoms with Crippen molar-refractivity contribution in [2.45, 2.75) is 6.04 Å². The molecule has 0 fully saturated rings. The largest absolute Gasteiger partial charge is 0.329 e. The zero-order valence-electron chi connectivity index (χ0n) is 8.00. The second kappa shape index (κ2) is 4.35. The van der Waals surface area contributed by atoms with Gasteiger partial charge in [-0.2, -0.15) is 0 Å². The number of rotatable bonds is 3. The SMILES string of the molecule is CN(C)[C@H](CN)c1ccc(F)cc1. The molecule has 1 rings (SSSR count). The predicted molar refractivity (Wildman–Crippen MR) is 51.9 cm³/mol. The highest BCUT2D eigenvalue weighted by Crippen LogP contribution is 2.16. The van der Waals surface area contributed by atoms with Gasteiger partial charge < -0.3 is 10.6 Å². The van der Waals surface area contributed by atoms with Gasteiger partial charge in [0.2, 0.25) is 0 Å². The molecule has 3 heteroatoms. The van der Waals surface area contributed by atoms with Gasteiger partial charge in [0.25, 0.3) is 0 Å². The molecule has 0 saturated heterocycles. The molecule has 0 bridgehead atoms. The quantitative estimate of drug-likeness (QED) is 0.765. The van der Waals surface area contributed by atoms with Crippen molar-refractivity contribution in [1.82, 2.24) is 4.90 Å². The molecular formula is C10H15FN2. The summed E-state index contributed by atoms with van der Waals surface area (Å²) in [5, 5.41) is 0. The van der Waals surface area contributed by atoms with E-state index in [2.05, 4.69) is 0 Å². The van der Waals surface area contributed by atoms with E-state index in [1.165, 1.54) is 12.1 Å². The van der Waals surface area contributed by atoms with E-state index in [0.717, 1.165) is 5.56 Å². The van der Waals surface area contributed by atoms with E-state index in [1.807, 2.05) is 19.0 Å². The maximum absolute atomic E-state index is 12.6. The summed E-state index contributed by atoms with van der Waals surface area (Å²) in [4.78, 5) is 2.02. The standard InChI is InChI=1S/C10H15FN2/c1-13(2)10(7-12)8-3-5-9(11)6-4-8/h3-6,10H,7,12H2,1-2H3/t10-/m1/s1. The maximum Gasteiger partial charge on any atom is 0.123 e. The molecule has 72 valence electrons. The van der Waals surface area contributed by atoms with E-state index < -0.39 is 0 Å². The van der Waals surface area contributed by atoms with Crippen LogP contribution in [0.3, 0.4) is 0 Å². The fourth-order valence-electron chi connectivity index (χ4n) is 1.33. The minimum Gasteiger partial charge on any atom is -0.329 e. The molecular weight excluding hydrogens is 167 g/mol. The van der Waals surface area contributed by atoms with Gasteiger partial charge in [0, 0.05) is 12.6 Å². The summed E-state index contributed by atoms with van der Waals surface area (Å²) < 4.78 is 12.6. The average molecular weight is 182 g/mol. The molecule has 0 aliphatic heterocycles. The van der Waals surface area contributed by atoms with E-state index in [9.17, 15) is 4.39 Å². The summed E-state index contributed by atoms with van der Waals surface area (Å²) in [6.07, 6.45) is 0. The van der Waals surface area contributed by atoms with Crippen molar-refractivity contribution < 1.29 is 4.39 Å². The second-order valence-electron chi connectivity index (χ2n) is 3.27. The maximum atomic E-state index is 12.6. The molecule has 0 spiro atoms. The van der Waals surface area contributed by atoms with Gasteiger partial charge in [-0.1, -0.05) is 12.1 Å². The van der Waals surface area contributed by atoms with E-state index in [-0.39, 0.29) is 11.9 Å². The summed E-state index contributed by atoms with van der Waals surface area (Å²) in [5.74, 6) is -0.210. The number of halogens is 1. The van der Waals surface area contributed by atoms with E-state index >= 15 is 0 Å². The van der Waals surface area contributed by atoms with Gasteiger partial charge >= 0.3 is 0 Å². The van der Waals surface area contributed by atoms with Crippen LogP contribution in [0.2, 0.25) is 0 Å². The zero-order chi connectivity index (χ0) is 9.84. The van der Waals surface area contributed by atoms with Crippen LogP contribution in [-0.2, 0) is 0 Å². The third kappa shape index (κ3) is 2.50. The number of hydrogen-bond donors (Lipinski definition) is 1. The Balaban J connectivity index is 2.86. The van der Waals surface area contributed by atoms with Gasteiger partial charge in [-0.15, -0.1) is 0 Å². The van der Waals surface area contributed by atoms with Crippen LogP contribution in [0, 0.1) is 5.82 Å². The molecule has 2 nitrogen and oxygen atoms in total. The molecule has 0 heterocycles. The first kappa shape index (κ1) is 10.2. The van der Waals surface area contributed by atoms with Crippen LogP contribution in [0.5, 0.6) is 0 Å². The fourth-order valence-corrected chi connectivity index (χ4v) is 1.33. The van der Waals surface area contributed by atoms with Gasteiger partial charge in [-0.25, -0.2) is 4.39 Å². The van der Waals surface area contributed by atoms with Gasteiger partial charge in [0.15, 0.2) is 0 Å².